The molecule has 48 valence electrons. The summed E-state index contributed by atoms with van der Waals surface area (Å²) in [7, 11) is 0. The number of hydrogen-bond donors (Lipinski definition) is 0. The summed E-state index contributed by atoms with van der Waals surface area (Å²) in [6, 6.07) is 0. The molecule has 0 aromatic rings. The molecule has 0 bridgehead atoms. The zero-order chi connectivity index (χ0) is 6.62. The van der Waals surface area contributed by atoms with Crippen LogP contribution in [0.1, 0.15) is 0 Å². The standard InChI is InChI=1S/C3H5O.3BrH.Hf/c1-2-3-4;;;;/h2H,1,3H2;3*1H;/q-1;;;;+4/p-3. The van der Waals surface area contributed by atoms with Gasteiger partial charge in [-0.1, -0.05) is 0 Å². The number of halogens is 3. The Morgan fingerprint density at radius 2 is 2.00 bits per heavy atom. The number of rotatable bonds is 3. The molecular formula is C3H5Br3HfO. The molecule has 8 heavy (non-hydrogen) atoms. The average Bonchev–Trinajstić information content (AvgIpc) is 1.59. The van der Waals surface area contributed by atoms with Crippen LogP contribution >= 0.6 is 36.9 Å². The van der Waals surface area contributed by atoms with Crippen molar-refractivity contribution >= 4 is 36.9 Å². The van der Waals surface area contributed by atoms with E-state index in [2.05, 4.69) is 43.5 Å². The van der Waals surface area contributed by atoms with Crippen LogP contribution in [0.2, 0.25) is 0 Å². The summed E-state index contributed by atoms with van der Waals surface area (Å²) < 4.78 is 5.23. The van der Waals surface area contributed by atoms with Crippen LogP contribution in [0, 0.1) is 0 Å². The van der Waals surface area contributed by atoms with E-state index in [4.69, 9.17) is 2.85 Å². The van der Waals surface area contributed by atoms with Crippen molar-refractivity contribution in [3.05, 3.63) is 12.7 Å². The van der Waals surface area contributed by atoms with Crippen molar-refractivity contribution in [2.24, 2.45) is 0 Å². The van der Waals surface area contributed by atoms with Crippen molar-refractivity contribution in [2.75, 3.05) is 6.61 Å². The van der Waals surface area contributed by atoms with Crippen molar-refractivity contribution in [1.82, 2.24) is 0 Å². The van der Waals surface area contributed by atoms with Crippen LogP contribution in [0.15, 0.2) is 12.7 Å². The van der Waals surface area contributed by atoms with E-state index in [0.29, 0.717) is 6.61 Å². The predicted molar refractivity (Wildman–Crippen MR) is 42.9 cm³/mol. The first-order chi connectivity index (χ1) is 3.56. The Morgan fingerprint density at radius 1 is 1.50 bits per heavy atom. The molecule has 1 nitrogen and oxygen atoms in total. The quantitative estimate of drug-likeness (QED) is 0.450. The Kier molecular flexibility index (Phi) is 5.97. The first kappa shape index (κ1) is 10.0. The van der Waals surface area contributed by atoms with Crippen LogP contribution in [-0.4, -0.2) is 6.61 Å². The Hall–Kier alpha value is 2.01. The van der Waals surface area contributed by atoms with Crippen molar-refractivity contribution < 1.29 is 16.3 Å². The van der Waals surface area contributed by atoms with Gasteiger partial charge in [0.25, 0.3) is 0 Å². The van der Waals surface area contributed by atoms with Gasteiger partial charge < -0.3 is 0 Å². The van der Waals surface area contributed by atoms with Crippen LogP contribution in [-0.2, 0) is 16.3 Å². The first-order valence-corrected chi connectivity index (χ1v) is 26.9. The summed E-state index contributed by atoms with van der Waals surface area (Å²) in [6.45, 7) is 4.11. The van der Waals surface area contributed by atoms with Crippen LogP contribution in [0.25, 0.3) is 0 Å². The molecule has 0 aromatic carbocycles. The molecule has 0 N–H and O–H groups in total. The van der Waals surface area contributed by atoms with Gasteiger partial charge in [0.2, 0.25) is 0 Å². The fraction of sp³-hybridized carbons (Fsp3) is 0.333. The van der Waals surface area contributed by atoms with Gasteiger partial charge >= 0.3 is 72.4 Å². The molecular weight excluding hydrogens is 470 g/mol. The van der Waals surface area contributed by atoms with Gasteiger partial charge in [-0.15, -0.1) is 0 Å². The van der Waals surface area contributed by atoms with E-state index >= 15 is 0 Å². The third-order valence-electron chi connectivity index (χ3n) is 0.365. The fourth-order valence-corrected chi connectivity index (χ4v) is 4.50. The Labute approximate surface area is 71.3 Å². The molecule has 0 unspecified atom stereocenters. The molecule has 0 rings (SSSR count). The molecule has 0 aliphatic rings. The maximum absolute atomic E-state index is 5.23. The van der Waals surface area contributed by atoms with Gasteiger partial charge in [-0.2, -0.15) is 0 Å². The molecule has 0 amide bonds. The van der Waals surface area contributed by atoms with E-state index in [9.17, 15) is 0 Å². The topological polar surface area (TPSA) is 9.23 Å². The van der Waals surface area contributed by atoms with E-state index < -0.39 is 13.4 Å². The monoisotopic (exact) mass is 474 g/mol. The first-order valence-electron chi connectivity index (χ1n) is 1.88. The second-order valence-electron chi connectivity index (χ2n) is 1.05. The zero-order valence-electron chi connectivity index (χ0n) is 4.03. The molecule has 0 heterocycles. The Morgan fingerprint density at radius 3 is 2.12 bits per heavy atom. The molecule has 0 spiro atoms. The van der Waals surface area contributed by atoms with Crippen LogP contribution in [0.4, 0.5) is 0 Å². The third kappa shape index (κ3) is 8.01. The molecule has 0 radical (unpaired) electrons. The summed E-state index contributed by atoms with van der Waals surface area (Å²) in [6.07, 6.45) is 1.72. The van der Waals surface area contributed by atoms with Crippen LogP contribution < -0.4 is 0 Å². The van der Waals surface area contributed by atoms with E-state index in [1.165, 1.54) is 0 Å². The molecule has 0 aliphatic carbocycles. The molecule has 0 saturated heterocycles. The molecule has 0 aliphatic heterocycles. The van der Waals surface area contributed by atoms with Gasteiger partial charge in [0.05, 0.1) is 0 Å². The van der Waals surface area contributed by atoms with Crippen LogP contribution in [0.5, 0.6) is 0 Å². The van der Waals surface area contributed by atoms with E-state index in [0.717, 1.165) is 0 Å². The predicted octanol–water partition coefficient (Wildman–Crippen LogP) is 3.19. The summed E-state index contributed by atoms with van der Waals surface area (Å²) in [5.74, 6) is 0. The van der Waals surface area contributed by atoms with Crippen molar-refractivity contribution in [3.8, 4) is 0 Å². The van der Waals surface area contributed by atoms with Gasteiger partial charge in [-0.05, 0) is 0 Å². The Bertz CT molecular complexity index is 79.1. The van der Waals surface area contributed by atoms with Crippen LogP contribution in [0.3, 0.4) is 0 Å². The molecule has 0 saturated carbocycles. The molecule has 0 fully saturated rings. The third-order valence-corrected chi connectivity index (χ3v) is 7.76. The summed E-state index contributed by atoms with van der Waals surface area (Å²) in [4.78, 5) is 0. The van der Waals surface area contributed by atoms with E-state index in [-0.39, 0.29) is 0 Å². The SMILES string of the molecule is C=CC[O][Hf]([Br])([Br])[Br]. The van der Waals surface area contributed by atoms with E-state index in [1.807, 2.05) is 0 Å². The van der Waals surface area contributed by atoms with E-state index in [1.54, 1.807) is 6.08 Å². The fourth-order valence-electron chi connectivity index (χ4n) is 0.153. The average molecular weight is 475 g/mol. The second kappa shape index (κ2) is 4.77. The van der Waals surface area contributed by atoms with Crippen molar-refractivity contribution in [2.45, 2.75) is 0 Å². The van der Waals surface area contributed by atoms with Gasteiger partial charge in [0.1, 0.15) is 0 Å². The normalized spacial score (nSPS) is 11.4. The van der Waals surface area contributed by atoms with Crippen molar-refractivity contribution in [1.29, 1.82) is 0 Å². The minimum atomic E-state index is -2.55. The number of hydrogen-bond acceptors (Lipinski definition) is 1. The summed E-state index contributed by atoms with van der Waals surface area (Å²) in [5, 5.41) is 0. The minimum absolute atomic E-state index is 0.601. The Balaban J connectivity index is 3.24. The van der Waals surface area contributed by atoms with Gasteiger partial charge in [0.15, 0.2) is 0 Å². The van der Waals surface area contributed by atoms with Gasteiger partial charge in [0, 0.05) is 0 Å². The van der Waals surface area contributed by atoms with Gasteiger partial charge in [-0.25, -0.2) is 0 Å². The maximum atomic E-state index is 5.23. The zero-order valence-corrected chi connectivity index (χ0v) is 12.4. The molecule has 0 atom stereocenters. The summed E-state index contributed by atoms with van der Waals surface area (Å²) in [5.41, 5.74) is 0. The van der Waals surface area contributed by atoms with Gasteiger partial charge in [-0.3, -0.25) is 0 Å². The second-order valence-corrected chi connectivity index (χ2v) is 58.8. The molecule has 5 heteroatoms. The van der Waals surface area contributed by atoms with Crippen molar-refractivity contribution in [3.63, 3.8) is 0 Å². The molecule has 0 aromatic heterocycles. The summed E-state index contributed by atoms with van der Waals surface area (Å²) >= 11 is 7.55.